The van der Waals surface area contributed by atoms with E-state index >= 15 is 0 Å². The molecule has 4 rings (SSSR count). The molecule has 1 unspecified atom stereocenters. The van der Waals surface area contributed by atoms with Crippen LogP contribution >= 0.6 is 11.8 Å². The van der Waals surface area contributed by atoms with Crippen molar-refractivity contribution in [2.45, 2.75) is 39.0 Å². The molecule has 2 aliphatic rings. The zero-order valence-corrected chi connectivity index (χ0v) is 19.9. The molecule has 0 saturated heterocycles. The molecule has 6 nitrogen and oxygen atoms in total. The predicted molar refractivity (Wildman–Crippen MR) is 133 cm³/mol. The van der Waals surface area contributed by atoms with Crippen molar-refractivity contribution in [1.82, 2.24) is 5.32 Å². The topological polar surface area (TPSA) is 99.1 Å². The second-order valence-corrected chi connectivity index (χ2v) is 9.40. The summed E-state index contributed by atoms with van der Waals surface area (Å²) < 4.78 is 0. The van der Waals surface area contributed by atoms with Gasteiger partial charge in [0.25, 0.3) is 0 Å². The largest absolute Gasteiger partial charge is 0.352 e. The SMILES string of the molecule is CC(=O)c1cccc(NC(=O)CSC2=C(C#N)C(c3ccccc3C)C3=C(CCCC3=O)N2)c1. The summed E-state index contributed by atoms with van der Waals surface area (Å²) in [6.45, 7) is 3.46. The smallest absolute Gasteiger partial charge is 0.234 e. The third kappa shape index (κ3) is 4.82. The number of allylic oxidation sites excluding steroid dienone is 3. The molecule has 34 heavy (non-hydrogen) atoms. The summed E-state index contributed by atoms with van der Waals surface area (Å²) in [4.78, 5) is 37.2. The van der Waals surface area contributed by atoms with E-state index in [4.69, 9.17) is 0 Å². The number of nitrogens with zero attached hydrogens (tertiary/aromatic N) is 1. The lowest BCUT2D eigenvalue weighted by Gasteiger charge is -2.33. The lowest BCUT2D eigenvalue weighted by atomic mass is 9.76. The van der Waals surface area contributed by atoms with E-state index in [1.807, 2.05) is 31.2 Å². The summed E-state index contributed by atoms with van der Waals surface area (Å²) in [6.07, 6.45) is 1.97. The Balaban J connectivity index is 1.60. The number of benzene rings is 2. The molecule has 172 valence electrons. The molecule has 0 fully saturated rings. The number of hydrogen-bond donors (Lipinski definition) is 2. The molecular formula is C27H25N3O3S. The van der Waals surface area contributed by atoms with E-state index in [2.05, 4.69) is 16.7 Å². The molecule has 0 saturated carbocycles. The molecule has 1 heterocycles. The van der Waals surface area contributed by atoms with Crippen molar-refractivity contribution in [3.05, 3.63) is 87.1 Å². The van der Waals surface area contributed by atoms with Gasteiger partial charge in [0, 0.05) is 28.9 Å². The normalized spacial score (nSPS) is 17.6. The second kappa shape index (κ2) is 10.1. The molecular weight excluding hydrogens is 446 g/mol. The van der Waals surface area contributed by atoms with Gasteiger partial charge in [-0.3, -0.25) is 14.4 Å². The van der Waals surface area contributed by atoms with Gasteiger partial charge in [-0.15, -0.1) is 0 Å². The molecule has 0 bridgehead atoms. The van der Waals surface area contributed by atoms with Gasteiger partial charge < -0.3 is 10.6 Å². The van der Waals surface area contributed by atoms with Crippen LogP contribution in [0.5, 0.6) is 0 Å². The number of nitriles is 1. The lowest BCUT2D eigenvalue weighted by molar-refractivity contribution is -0.116. The summed E-state index contributed by atoms with van der Waals surface area (Å²) in [6, 6.07) is 16.9. The number of nitrogens with one attached hydrogen (secondary N) is 2. The van der Waals surface area contributed by atoms with Gasteiger partial charge >= 0.3 is 0 Å². The number of hydrogen-bond acceptors (Lipinski definition) is 6. The van der Waals surface area contributed by atoms with Crippen LogP contribution in [0.15, 0.2) is 70.4 Å². The average Bonchev–Trinajstić information content (AvgIpc) is 2.82. The molecule has 0 aromatic heterocycles. The molecule has 1 aliphatic carbocycles. The number of anilines is 1. The van der Waals surface area contributed by atoms with Crippen LogP contribution in [0.3, 0.4) is 0 Å². The molecule has 0 spiro atoms. The second-order valence-electron chi connectivity index (χ2n) is 8.41. The van der Waals surface area contributed by atoms with Crippen molar-refractivity contribution >= 4 is 34.9 Å². The highest BCUT2D eigenvalue weighted by Crippen LogP contribution is 2.44. The van der Waals surface area contributed by atoms with Gasteiger partial charge in [-0.1, -0.05) is 48.2 Å². The van der Waals surface area contributed by atoms with E-state index in [0.29, 0.717) is 33.8 Å². The van der Waals surface area contributed by atoms with Gasteiger partial charge in [-0.25, -0.2) is 0 Å². The van der Waals surface area contributed by atoms with E-state index in [0.717, 1.165) is 29.7 Å². The number of dihydropyridines is 1. The molecule has 0 radical (unpaired) electrons. The Hall–Kier alpha value is -3.63. The van der Waals surface area contributed by atoms with Crippen molar-refractivity contribution in [2.24, 2.45) is 0 Å². The van der Waals surface area contributed by atoms with Gasteiger partial charge in [0.05, 0.1) is 28.3 Å². The molecule has 1 atom stereocenters. The third-order valence-corrected chi connectivity index (χ3v) is 7.08. The minimum Gasteiger partial charge on any atom is -0.352 e. The Morgan fingerprint density at radius 1 is 1.18 bits per heavy atom. The van der Waals surface area contributed by atoms with E-state index < -0.39 is 5.92 Å². The summed E-state index contributed by atoms with van der Waals surface area (Å²) in [5, 5.41) is 16.8. The summed E-state index contributed by atoms with van der Waals surface area (Å²) in [7, 11) is 0. The molecule has 1 amide bonds. The maximum Gasteiger partial charge on any atom is 0.234 e. The van der Waals surface area contributed by atoms with Crippen molar-refractivity contribution < 1.29 is 14.4 Å². The van der Waals surface area contributed by atoms with Crippen LogP contribution in [0, 0.1) is 18.3 Å². The van der Waals surface area contributed by atoms with Crippen LogP contribution in [-0.4, -0.2) is 23.2 Å². The number of aryl methyl sites for hydroxylation is 1. The molecule has 7 heteroatoms. The summed E-state index contributed by atoms with van der Waals surface area (Å²) in [5.41, 5.74) is 5.00. The number of rotatable bonds is 6. The molecule has 2 N–H and O–H groups in total. The fraction of sp³-hybridized carbons (Fsp3) is 0.259. The van der Waals surface area contributed by atoms with Gasteiger partial charge in [-0.05, 0) is 49.9 Å². The standard InChI is InChI=1S/C27H25N3O3S/c1-16-7-3-4-10-20(16)25-21(14-28)27(30-22-11-6-12-23(32)26(22)25)34-15-24(33)29-19-9-5-8-18(13-19)17(2)31/h3-5,7-10,13,25,30H,6,11-12,15H2,1-2H3,(H,29,33). The monoisotopic (exact) mass is 471 g/mol. The molecule has 1 aliphatic heterocycles. The first-order valence-electron chi connectivity index (χ1n) is 11.2. The van der Waals surface area contributed by atoms with Crippen LogP contribution in [0.25, 0.3) is 0 Å². The van der Waals surface area contributed by atoms with Crippen LogP contribution in [-0.2, 0) is 9.59 Å². The van der Waals surface area contributed by atoms with Gasteiger partial charge in [-0.2, -0.15) is 5.26 Å². The van der Waals surface area contributed by atoms with E-state index in [-0.39, 0.29) is 23.2 Å². The number of carbonyl (C=O) groups is 3. The van der Waals surface area contributed by atoms with E-state index in [9.17, 15) is 19.6 Å². The number of Topliss-reactive ketones (excluding diaryl/α,β-unsaturated/α-hetero) is 2. The zero-order valence-electron chi connectivity index (χ0n) is 19.1. The van der Waals surface area contributed by atoms with Gasteiger partial charge in [0.15, 0.2) is 11.6 Å². The highest BCUT2D eigenvalue weighted by molar-refractivity contribution is 8.03. The number of amides is 1. The van der Waals surface area contributed by atoms with Crippen LogP contribution < -0.4 is 10.6 Å². The zero-order chi connectivity index (χ0) is 24.2. The Kier molecular flexibility index (Phi) is 6.99. The third-order valence-electron chi connectivity index (χ3n) is 6.06. The Morgan fingerprint density at radius 3 is 2.71 bits per heavy atom. The number of carbonyl (C=O) groups excluding carboxylic acids is 3. The highest BCUT2D eigenvalue weighted by Gasteiger charge is 2.37. The van der Waals surface area contributed by atoms with Crippen LogP contribution in [0.2, 0.25) is 0 Å². The molecule has 2 aromatic rings. The summed E-state index contributed by atoms with van der Waals surface area (Å²) >= 11 is 1.25. The fourth-order valence-corrected chi connectivity index (χ4v) is 5.27. The maximum absolute atomic E-state index is 12.9. The average molecular weight is 472 g/mol. The quantitative estimate of drug-likeness (QED) is 0.576. The first kappa shape index (κ1) is 23.5. The Bertz CT molecular complexity index is 1290. The van der Waals surface area contributed by atoms with Crippen LogP contribution in [0.1, 0.15) is 53.6 Å². The van der Waals surface area contributed by atoms with Gasteiger partial charge in [0.2, 0.25) is 5.91 Å². The predicted octanol–water partition coefficient (Wildman–Crippen LogP) is 5.00. The van der Waals surface area contributed by atoms with Gasteiger partial charge in [0.1, 0.15) is 0 Å². The first-order chi connectivity index (χ1) is 16.4. The summed E-state index contributed by atoms with van der Waals surface area (Å²) in [5.74, 6) is -0.609. The maximum atomic E-state index is 12.9. The Labute approximate surface area is 203 Å². The molecule has 2 aromatic carbocycles. The fourth-order valence-electron chi connectivity index (χ4n) is 4.41. The van der Waals surface area contributed by atoms with E-state index in [1.54, 1.807) is 24.3 Å². The van der Waals surface area contributed by atoms with Crippen molar-refractivity contribution in [3.63, 3.8) is 0 Å². The minimum absolute atomic E-state index is 0.0712. The lowest BCUT2D eigenvalue weighted by Crippen LogP contribution is -2.32. The number of thioether (sulfide) groups is 1. The van der Waals surface area contributed by atoms with Crippen molar-refractivity contribution in [2.75, 3.05) is 11.1 Å². The van der Waals surface area contributed by atoms with Crippen LogP contribution in [0.4, 0.5) is 5.69 Å². The van der Waals surface area contributed by atoms with Crippen molar-refractivity contribution in [3.8, 4) is 6.07 Å². The van der Waals surface area contributed by atoms with Crippen molar-refractivity contribution in [1.29, 1.82) is 5.26 Å². The Morgan fingerprint density at radius 2 is 1.97 bits per heavy atom. The first-order valence-corrected chi connectivity index (χ1v) is 12.1. The minimum atomic E-state index is -0.437. The number of ketones is 2. The van der Waals surface area contributed by atoms with E-state index in [1.165, 1.54) is 18.7 Å². The highest BCUT2D eigenvalue weighted by atomic mass is 32.2.